The van der Waals surface area contributed by atoms with E-state index in [-0.39, 0.29) is 23.0 Å². The molecule has 2 rings (SSSR count). The van der Waals surface area contributed by atoms with Gasteiger partial charge in [0.05, 0.1) is 0 Å². The number of hydrogen-bond acceptors (Lipinski definition) is 1. The summed E-state index contributed by atoms with van der Waals surface area (Å²) in [6.07, 6.45) is 1.83. The summed E-state index contributed by atoms with van der Waals surface area (Å²) in [5, 5.41) is 3.26. The Morgan fingerprint density at radius 1 is 1.41 bits per heavy atom. The van der Waals surface area contributed by atoms with E-state index in [1.165, 1.54) is 18.2 Å². The number of hydrogen-bond donors (Lipinski definition) is 1. The molecule has 1 N–H and O–H groups in total. The standard InChI is InChI=1S/C14H19F2N/c1-4-14(2)11(8-13(14)17-3)10-7-9(15)5-6-12(10)16/h5-7,11,13,17H,4,8H2,1-3H3. The van der Waals surface area contributed by atoms with Crippen LogP contribution in [0.25, 0.3) is 0 Å². The van der Waals surface area contributed by atoms with Crippen LogP contribution in [0, 0.1) is 17.0 Å². The molecule has 0 aliphatic heterocycles. The third kappa shape index (κ3) is 1.86. The van der Waals surface area contributed by atoms with Crippen LogP contribution in [0.1, 0.15) is 38.2 Å². The average Bonchev–Trinajstić information content (AvgIpc) is 2.31. The smallest absolute Gasteiger partial charge is 0.126 e. The Hall–Kier alpha value is -0.960. The maximum Gasteiger partial charge on any atom is 0.126 e. The minimum absolute atomic E-state index is 0.0172. The highest BCUT2D eigenvalue weighted by Crippen LogP contribution is 2.55. The fourth-order valence-corrected chi connectivity index (χ4v) is 3.06. The summed E-state index contributed by atoms with van der Waals surface area (Å²) in [6.45, 7) is 4.25. The predicted octanol–water partition coefficient (Wildman–Crippen LogP) is 3.46. The Kier molecular flexibility index (Phi) is 3.21. The molecule has 1 aromatic carbocycles. The van der Waals surface area contributed by atoms with Gasteiger partial charge >= 0.3 is 0 Å². The quantitative estimate of drug-likeness (QED) is 0.851. The zero-order valence-corrected chi connectivity index (χ0v) is 10.6. The maximum absolute atomic E-state index is 13.8. The normalized spacial score (nSPS) is 32.3. The predicted molar refractivity (Wildman–Crippen MR) is 65.0 cm³/mol. The van der Waals surface area contributed by atoms with Gasteiger partial charge < -0.3 is 5.32 Å². The van der Waals surface area contributed by atoms with E-state index in [1.807, 2.05) is 7.05 Å². The Labute approximate surface area is 101 Å². The Balaban J connectivity index is 2.33. The van der Waals surface area contributed by atoms with Crippen molar-refractivity contribution in [3.8, 4) is 0 Å². The molecule has 0 amide bonds. The van der Waals surface area contributed by atoms with Crippen LogP contribution in [-0.4, -0.2) is 13.1 Å². The fourth-order valence-electron chi connectivity index (χ4n) is 3.06. The lowest BCUT2D eigenvalue weighted by molar-refractivity contribution is 0.0472. The van der Waals surface area contributed by atoms with Crippen molar-refractivity contribution in [1.29, 1.82) is 0 Å². The molecule has 1 saturated carbocycles. The lowest BCUT2D eigenvalue weighted by atomic mass is 9.54. The van der Waals surface area contributed by atoms with Gasteiger partial charge in [-0.05, 0) is 55.0 Å². The molecule has 0 spiro atoms. The third-order valence-corrected chi connectivity index (χ3v) is 4.51. The second-order valence-corrected chi connectivity index (χ2v) is 5.15. The Morgan fingerprint density at radius 3 is 2.71 bits per heavy atom. The zero-order valence-electron chi connectivity index (χ0n) is 10.6. The Morgan fingerprint density at radius 2 is 2.12 bits per heavy atom. The topological polar surface area (TPSA) is 12.0 Å². The first-order valence-corrected chi connectivity index (χ1v) is 6.15. The van der Waals surface area contributed by atoms with E-state index in [0.717, 1.165) is 12.8 Å². The first kappa shape index (κ1) is 12.5. The second kappa shape index (κ2) is 4.37. The molecule has 3 heteroatoms. The number of nitrogens with one attached hydrogen (secondary N) is 1. The summed E-state index contributed by atoms with van der Waals surface area (Å²) in [7, 11) is 1.93. The molecule has 94 valence electrons. The van der Waals surface area contributed by atoms with Crippen molar-refractivity contribution in [1.82, 2.24) is 5.32 Å². The van der Waals surface area contributed by atoms with Crippen LogP contribution in [0.15, 0.2) is 18.2 Å². The molecule has 3 atom stereocenters. The van der Waals surface area contributed by atoms with Crippen LogP contribution >= 0.6 is 0 Å². The monoisotopic (exact) mass is 239 g/mol. The van der Waals surface area contributed by atoms with Gasteiger partial charge in [0.25, 0.3) is 0 Å². The van der Waals surface area contributed by atoms with Crippen LogP contribution in [0.2, 0.25) is 0 Å². The van der Waals surface area contributed by atoms with Gasteiger partial charge in [0.1, 0.15) is 11.6 Å². The van der Waals surface area contributed by atoms with Crippen LogP contribution in [-0.2, 0) is 0 Å². The van der Waals surface area contributed by atoms with Crippen molar-refractivity contribution in [2.45, 2.75) is 38.6 Å². The molecule has 1 aliphatic carbocycles. The molecule has 0 saturated heterocycles. The molecule has 0 heterocycles. The minimum atomic E-state index is -0.354. The molecule has 1 fully saturated rings. The van der Waals surface area contributed by atoms with E-state index < -0.39 is 0 Å². The molecule has 17 heavy (non-hydrogen) atoms. The van der Waals surface area contributed by atoms with Gasteiger partial charge in [0.15, 0.2) is 0 Å². The minimum Gasteiger partial charge on any atom is -0.316 e. The molecule has 1 nitrogen and oxygen atoms in total. The summed E-state index contributed by atoms with van der Waals surface area (Å²) in [4.78, 5) is 0. The number of rotatable bonds is 3. The van der Waals surface area contributed by atoms with Crippen LogP contribution in [0.4, 0.5) is 8.78 Å². The summed E-state index contributed by atoms with van der Waals surface area (Å²) in [5.74, 6) is -0.529. The molecule has 0 aromatic heterocycles. The SMILES string of the molecule is CCC1(C)C(NC)CC1c1cc(F)ccc1F. The van der Waals surface area contributed by atoms with E-state index in [1.54, 1.807) is 0 Å². The third-order valence-electron chi connectivity index (χ3n) is 4.51. The molecule has 1 aromatic rings. The van der Waals surface area contributed by atoms with Crippen molar-refractivity contribution in [2.75, 3.05) is 7.05 Å². The lowest BCUT2D eigenvalue weighted by Gasteiger charge is -2.54. The van der Waals surface area contributed by atoms with Crippen LogP contribution in [0.3, 0.4) is 0 Å². The van der Waals surface area contributed by atoms with Gasteiger partial charge in [-0.1, -0.05) is 13.8 Å². The average molecular weight is 239 g/mol. The van der Waals surface area contributed by atoms with Crippen LogP contribution < -0.4 is 5.32 Å². The van der Waals surface area contributed by atoms with Gasteiger partial charge in [-0.3, -0.25) is 0 Å². The molecule has 0 radical (unpaired) electrons. The summed E-state index contributed by atoms with van der Waals surface area (Å²) in [6, 6.07) is 4.14. The molecular formula is C14H19F2N. The van der Waals surface area contributed by atoms with Crippen molar-refractivity contribution in [2.24, 2.45) is 5.41 Å². The van der Waals surface area contributed by atoms with Crippen molar-refractivity contribution >= 4 is 0 Å². The van der Waals surface area contributed by atoms with Crippen molar-refractivity contribution in [3.05, 3.63) is 35.4 Å². The first-order valence-electron chi connectivity index (χ1n) is 6.15. The summed E-state index contributed by atoms with van der Waals surface area (Å²) in [5.41, 5.74) is 0.546. The van der Waals surface area contributed by atoms with Gasteiger partial charge in [-0.15, -0.1) is 0 Å². The molecule has 3 unspecified atom stereocenters. The summed E-state index contributed by atoms with van der Waals surface area (Å²) < 4.78 is 27.0. The van der Waals surface area contributed by atoms with Crippen LogP contribution in [0.5, 0.6) is 0 Å². The highest BCUT2D eigenvalue weighted by Gasteiger charge is 2.50. The van der Waals surface area contributed by atoms with E-state index >= 15 is 0 Å². The fraction of sp³-hybridized carbons (Fsp3) is 0.571. The first-order chi connectivity index (χ1) is 8.02. The molecule has 0 bridgehead atoms. The van der Waals surface area contributed by atoms with Crippen molar-refractivity contribution in [3.63, 3.8) is 0 Å². The highest BCUT2D eigenvalue weighted by atomic mass is 19.1. The largest absolute Gasteiger partial charge is 0.316 e. The van der Waals surface area contributed by atoms with Gasteiger partial charge in [-0.25, -0.2) is 8.78 Å². The number of halogens is 2. The molecular weight excluding hydrogens is 220 g/mol. The zero-order chi connectivity index (χ0) is 12.6. The highest BCUT2D eigenvalue weighted by molar-refractivity contribution is 5.29. The van der Waals surface area contributed by atoms with E-state index in [4.69, 9.17) is 0 Å². The van der Waals surface area contributed by atoms with Gasteiger partial charge in [0, 0.05) is 6.04 Å². The van der Waals surface area contributed by atoms with Gasteiger partial charge in [0.2, 0.25) is 0 Å². The molecule has 1 aliphatic rings. The summed E-state index contributed by atoms with van der Waals surface area (Å²) >= 11 is 0. The number of benzene rings is 1. The second-order valence-electron chi connectivity index (χ2n) is 5.15. The lowest BCUT2D eigenvalue weighted by Crippen LogP contribution is -2.55. The van der Waals surface area contributed by atoms with Crippen molar-refractivity contribution < 1.29 is 8.78 Å². The van der Waals surface area contributed by atoms with E-state index in [2.05, 4.69) is 19.2 Å². The van der Waals surface area contributed by atoms with Gasteiger partial charge in [-0.2, -0.15) is 0 Å². The van der Waals surface area contributed by atoms with E-state index in [0.29, 0.717) is 11.6 Å². The maximum atomic E-state index is 13.8. The van der Waals surface area contributed by atoms with E-state index in [9.17, 15) is 8.78 Å². The Bertz CT molecular complexity index is 419.